The zero-order valence-electron chi connectivity index (χ0n) is 13.3. The summed E-state index contributed by atoms with van der Waals surface area (Å²) in [6, 6.07) is 21.7. The van der Waals surface area contributed by atoms with Crippen LogP contribution in [0.25, 0.3) is 10.8 Å². The SMILES string of the molecule is Cc1ccc(NC(C)C(=O)Nc2ccc3ccccc3c2)cc1. The monoisotopic (exact) mass is 304 g/mol. The molecule has 3 rings (SSSR count). The van der Waals surface area contributed by atoms with Crippen LogP contribution >= 0.6 is 0 Å². The highest BCUT2D eigenvalue weighted by molar-refractivity contribution is 5.98. The maximum atomic E-state index is 12.3. The van der Waals surface area contributed by atoms with E-state index in [1.54, 1.807) is 0 Å². The third-order valence-corrected chi connectivity index (χ3v) is 3.85. The van der Waals surface area contributed by atoms with Crippen LogP contribution in [0.3, 0.4) is 0 Å². The van der Waals surface area contributed by atoms with Crippen molar-refractivity contribution < 1.29 is 4.79 Å². The lowest BCUT2D eigenvalue weighted by molar-refractivity contribution is -0.116. The molecular formula is C20H20N2O. The Morgan fingerprint density at radius 2 is 1.52 bits per heavy atom. The van der Waals surface area contributed by atoms with E-state index in [-0.39, 0.29) is 11.9 Å². The highest BCUT2D eigenvalue weighted by atomic mass is 16.2. The van der Waals surface area contributed by atoms with Crippen molar-refractivity contribution in [3.05, 3.63) is 72.3 Å². The number of amides is 1. The fourth-order valence-corrected chi connectivity index (χ4v) is 2.48. The number of hydrogen-bond donors (Lipinski definition) is 2. The molecule has 0 bridgehead atoms. The Morgan fingerprint density at radius 3 is 2.26 bits per heavy atom. The number of hydrogen-bond acceptors (Lipinski definition) is 2. The number of carbonyl (C=O) groups is 1. The van der Waals surface area contributed by atoms with E-state index in [4.69, 9.17) is 0 Å². The van der Waals surface area contributed by atoms with Crippen molar-refractivity contribution in [1.29, 1.82) is 0 Å². The summed E-state index contributed by atoms with van der Waals surface area (Å²) in [5, 5.41) is 8.46. The molecule has 0 aliphatic heterocycles. The molecule has 0 saturated carbocycles. The summed E-state index contributed by atoms with van der Waals surface area (Å²) in [5.41, 5.74) is 2.95. The second kappa shape index (κ2) is 6.53. The van der Waals surface area contributed by atoms with Crippen LogP contribution in [0.4, 0.5) is 11.4 Å². The highest BCUT2D eigenvalue weighted by Crippen LogP contribution is 2.19. The Labute approximate surface area is 136 Å². The standard InChI is InChI=1S/C20H20N2O/c1-14-7-10-18(11-8-14)21-15(2)20(23)22-19-12-9-16-5-3-4-6-17(16)13-19/h3-13,15,21H,1-2H3,(H,22,23). The van der Waals surface area contributed by atoms with Crippen molar-refractivity contribution >= 4 is 28.1 Å². The molecule has 116 valence electrons. The minimum atomic E-state index is -0.316. The lowest BCUT2D eigenvalue weighted by atomic mass is 10.1. The summed E-state index contributed by atoms with van der Waals surface area (Å²) >= 11 is 0. The van der Waals surface area contributed by atoms with Gasteiger partial charge in [-0.25, -0.2) is 0 Å². The molecule has 0 radical (unpaired) electrons. The first-order valence-electron chi connectivity index (χ1n) is 7.75. The van der Waals surface area contributed by atoms with Crippen LogP contribution in [0, 0.1) is 6.92 Å². The van der Waals surface area contributed by atoms with E-state index >= 15 is 0 Å². The fourth-order valence-electron chi connectivity index (χ4n) is 2.48. The predicted molar refractivity (Wildman–Crippen MR) is 96.8 cm³/mol. The molecule has 0 fully saturated rings. The Morgan fingerprint density at radius 1 is 0.870 bits per heavy atom. The summed E-state index contributed by atoms with van der Waals surface area (Å²) in [5.74, 6) is -0.0548. The molecule has 2 N–H and O–H groups in total. The van der Waals surface area contributed by atoms with Crippen LogP contribution in [0.1, 0.15) is 12.5 Å². The molecule has 1 atom stereocenters. The largest absolute Gasteiger partial charge is 0.374 e. The molecule has 0 saturated heterocycles. The third kappa shape index (κ3) is 3.69. The molecule has 0 aromatic heterocycles. The summed E-state index contributed by atoms with van der Waals surface area (Å²) in [7, 11) is 0. The molecule has 0 spiro atoms. The maximum Gasteiger partial charge on any atom is 0.246 e. The fraction of sp³-hybridized carbons (Fsp3) is 0.150. The quantitative estimate of drug-likeness (QED) is 0.740. The van der Waals surface area contributed by atoms with Gasteiger partial charge in [0.05, 0.1) is 0 Å². The van der Waals surface area contributed by atoms with Gasteiger partial charge in [-0.05, 0) is 48.9 Å². The number of fused-ring (bicyclic) bond motifs is 1. The zero-order valence-corrected chi connectivity index (χ0v) is 13.3. The van der Waals surface area contributed by atoms with Gasteiger partial charge in [0, 0.05) is 11.4 Å². The first-order chi connectivity index (χ1) is 11.1. The number of rotatable bonds is 4. The maximum absolute atomic E-state index is 12.3. The van der Waals surface area contributed by atoms with E-state index in [1.165, 1.54) is 5.56 Å². The van der Waals surface area contributed by atoms with Crippen LogP contribution in [-0.2, 0) is 4.79 Å². The topological polar surface area (TPSA) is 41.1 Å². The van der Waals surface area contributed by atoms with Gasteiger partial charge >= 0.3 is 0 Å². The molecule has 0 aliphatic carbocycles. The number of carbonyl (C=O) groups excluding carboxylic acids is 1. The molecule has 0 aliphatic rings. The van der Waals surface area contributed by atoms with Crippen LogP contribution in [0.2, 0.25) is 0 Å². The molecule has 3 nitrogen and oxygen atoms in total. The second-order valence-corrected chi connectivity index (χ2v) is 5.78. The summed E-state index contributed by atoms with van der Waals surface area (Å²) < 4.78 is 0. The first kappa shape index (κ1) is 15.1. The minimum absolute atomic E-state index is 0.0548. The van der Waals surface area contributed by atoms with Gasteiger partial charge in [0.25, 0.3) is 0 Å². The van der Waals surface area contributed by atoms with Crippen molar-refractivity contribution in [2.45, 2.75) is 19.9 Å². The number of aryl methyl sites for hydroxylation is 1. The van der Waals surface area contributed by atoms with Gasteiger partial charge in [-0.3, -0.25) is 4.79 Å². The van der Waals surface area contributed by atoms with E-state index in [1.807, 2.05) is 74.5 Å². The van der Waals surface area contributed by atoms with E-state index in [2.05, 4.69) is 16.7 Å². The zero-order chi connectivity index (χ0) is 16.2. The Balaban J connectivity index is 1.68. The predicted octanol–water partition coefficient (Wildman–Crippen LogP) is 4.59. The van der Waals surface area contributed by atoms with Gasteiger partial charge in [-0.2, -0.15) is 0 Å². The van der Waals surface area contributed by atoms with Crippen molar-refractivity contribution in [3.8, 4) is 0 Å². The Bertz CT molecular complexity index is 824. The number of nitrogens with one attached hydrogen (secondary N) is 2. The van der Waals surface area contributed by atoms with Crippen molar-refractivity contribution in [1.82, 2.24) is 0 Å². The van der Waals surface area contributed by atoms with Crippen LogP contribution < -0.4 is 10.6 Å². The van der Waals surface area contributed by atoms with Crippen molar-refractivity contribution in [3.63, 3.8) is 0 Å². The Kier molecular flexibility index (Phi) is 4.29. The average Bonchev–Trinajstić information content (AvgIpc) is 2.56. The van der Waals surface area contributed by atoms with Crippen LogP contribution in [0.5, 0.6) is 0 Å². The summed E-state index contributed by atoms with van der Waals surface area (Å²) in [6.45, 7) is 3.90. The van der Waals surface area contributed by atoms with Crippen molar-refractivity contribution in [2.75, 3.05) is 10.6 Å². The van der Waals surface area contributed by atoms with Gasteiger partial charge in [-0.1, -0.05) is 48.0 Å². The highest BCUT2D eigenvalue weighted by Gasteiger charge is 2.12. The normalized spacial score (nSPS) is 11.9. The molecule has 1 amide bonds. The summed E-state index contributed by atoms with van der Waals surface area (Å²) in [6.07, 6.45) is 0. The van der Waals surface area contributed by atoms with Crippen LogP contribution in [0.15, 0.2) is 66.7 Å². The molecule has 23 heavy (non-hydrogen) atoms. The van der Waals surface area contributed by atoms with Gasteiger partial charge in [0.2, 0.25) is 5.91 Å². The molecule has 1 unspecified atom stereocenters. The minimum Gasteiger partial charge on any atom is -0.374 e. The average molecular weight is 304 g/mol. The van der Waals surface area contributed by atoms with Crippen LogP contribution in [-0.4, -0.2) is 11.9 Å². The van der Waals surface area contributed by atoms with E-state index in [9.17, 15) is 4.79 Å². The molecule has 3 aromatic carbocycles. The van der Waals surface area contributed by atoms with Gasteiger partial charge < -0.3 is 10.6 Å². The van der Waals surface area contributed by atoms with Gasteiger partial charge in [0.15, 0.2) is 0 Å². The second-order valence-electron chi connectivity index (χ2n) is 5.78. The summed E-state index contributed by atoms with van der Waals surface area (Å²) in [4.78, 5) is 12.3. The molecule has 3 aromatic rings. The molecule has 0 heterocycles. The Hall–Kier alpha value is -2.81. The van der Waals surface area contributed by atoms with Crippen molar-refractivity contribution in [2.24, 2.45) is 0 Å². The van der Waals surface area contributed by atoms with E-state index in [0.29, 0.717) is 0 Å². The molecular weight excluding hydrogens is 284 g/mol. The van der Waals surface area contributed by atoms with Gasteiger partial charge in [-0.15, -0.1) is 0 Å². The first-order valence-corrected chi connectivity index (χ1v) is 7.75. The lowest BCUT2D eigenvalue weighted by Gasteiger charge is -2.15. The third-order valence-electron chi connectivity index (χ3n) is 3.85. The van der Waals surface area contributed by atoms with E-state index < -0.39 is 0 Å². The van der Waals surface area contributed by atoms with Gasteiger partial charge in [0.1, 0.15) is 6.04 Å². The number of benzene rings is 3. The smallest absolute Gasteiger partial charge is 0.246 e. The lowest BCUT2D eigenvalue weighted by Crippen LogP contribution is -2.31. The molecule has 3 heteroatoms. The number of anilines is 2. The van der Waals surface area contributed by atoms with E-state index in [0.717, 1.165) is 22.1 Å².